The number of carbonyl (C=O) groups excluding carboxylic acids is 1. The predicted octanol–water partition coefficient (Wildman–Crippen LogP) is 1.99. The van der Waals surface area contributed by atoms with Crippen LogP contribution in [0.25, 0.3) is 0 Å². The zero-order valence-corrected chi connectivity index (χ0v) is 7.93. The smallest absolute Gasteiger partial charge is 0.310 e. The van der Waals surface area contributed by atoms with Crippen molar-refractivity contribution < 1.29 is 18.3 Å². The number of carbonyl (C=O) groups is 1. The average Bonchev–Trinajstić information content (AvgIpc) is 2.10. The fourth-order valence-corrected chi connectivity index (χ4v) is 1.12. The topological polar surface area (TPSA) is 26.3 Å². The Morgan fingerprint density at radius 1 is 1.36 bits per heavy atom. The van der Waals surface area contributed by atoms with Gasteiger partial charge in [-0.1, -0.05) is 0 Å². The van der Waals surface area contributed by atoms with Gasteiger partial charge >= 0.3 is 5.97 Å². The van der Waals surface area contributed by atoms with Crippen LogP contribution < -0.4 is 0 Å². The molecule has 0 aromatic heterocycles. The Labute approximate surface area is 80.5 Å². The molecule has 4 heteroatoms. The van der Waals surface area contributed by atoms with E-state index in [4.69, 9.17) is 0 Å². The summed E-state index contributed by atoms with van der Waals surface area (Å²) < 4.78 is 30.6. The monoisotopic (exact) mass is 200 g/mol. The highest BCUT2D eigenvalue weighted by molar-refractivity contribution is 5.72. The van der Waals surface area contributed by atoms with Gasteiger partial charge < -0.3 is 4.74 Å². The first-order valence-corrected chi connectivity index (χ1v) is 4.06. The van der Waals surface area contributed by atoms with Gasteiger partial charge in [0.25, 0.3) is 0 Å². The summed E-state index contributed by atoms with van der Waals surface area (Å²) in [6, 6.07) is 2.36. The number of rotatable bonds is 2. The molecule has 0 saturated heterocycles. The number of hydrogen-bond donors (Lipinski definition) is 0. The second kappa shape index (κ2) is 4.17. The molecule has 0 heterocycles. The van der Waals surface area contributed by atoms with Crippen molar-refractivity contribution in [3.8, 4) is 0 Å². The van der Waals surface area contributed by atoms with Crippen LogP contribution >= 0.6 is 0 Å². The van der Waals surface area contributed by atoms with Crippen LogP contribution in [0.15, 0.2) is 12.1 Å². The Balaban J connectivity index is 3.02. The number of aryl methyl sites for hydroxylation is 1. The van der Waals surface area contributed by atoms with Crippen LogP contribution in [0, 0.1) is 18.6 Å². The Bertz CT molecular complexity index is 338. The predicted molar refractivity (Wildman–Crippen MR) is 46.8 cm³/mol. The Hall–Kier alpha value is -1.45. The maximum Gasteiger partial charge on any atom is 0.310 e. The zero-order chi connectivity index (χ0) is 10.7. The molecule has 0 amide bonds. The standard InChI is InChI=1S/C10H10F2O2/c1-6-3-8(11)7(9(12)4-6)5-10(13)14-2/h3-4H,5H2,1-2H3. The number of ether oxygens (including phenoxy) is 1. The fourth-order valence-electron chi connectivity index (χ4n) is 1.12. The second-order valence-electron chi connectivity index (χ2n) is 2.96. The summed E-state index contributed by atoms with van der Waals surface area (Å²) in [5, 5.41) is 0. The first-order valence-electron chi connectivity index (χ1n) is 4.06. The molecule has 1 aromatic carbocycles. The van der Waals surface area contributed by atoms with E-state index < -0.39 is 17.6 Å². The lowest BCUT2D eigenvalue weighted by atomic mass is 10.1. The Kier molecular flexibility index (Phi) is 3.17. The molecule has 1 rings (SSSR count). The van der Waals surface area contributed by atoms with E-state index in [1.807, 2.05) is 0 Å². The van der Waals surface area contributed by atoms with Crippen molar-refractivity contribution in [2.45, 2.75) is 13.3 Å². The summed E-state index contributed by atoms with van der Waals surface area (Å²) >= 11 is 0. The molecule has 0 saturated carbocycles. The van der Waals surface area contributed by atoms with Crippen molar-refractivity contribution in [1.82, 2.24) is 0 Å². The lowest BCUT2D eigenvalue weighted by Crippen LogP contribution is -2.08. The molecule has 0 spiro atoms. The van der Waals surface area contributed by atoms with Gasteiger partial charge in [0.2, 0.25) is 0 Å². The average molecular weight is 200 g/mol. The molecular weight excluding hydrogens is 190 g/mol. The third-order valence-electron chi connectivity index (χ3n) is 1.83. The van der Waals surface area contributed by atoms with Crippen LogP contribution in [0.1, 0.15) is 11.1 Å². The van der Waals surface area contributed by atoms with E-state index in [0.29, 0.717) is 5.56 Å². The van der Waals surface area contributed by atoms with Crippen molar-refractivity contribution in [1.29, 1.82) is 0 Å². The van der Waals surface area contributed by atoms with Crippen molar-refractivity contribution >= 4 is 5.97 Å². The van der Waals surface area contributed by atoms with Crippen LogP contribution in [0.5, 0.6) is 0 Å². The molecule has 0 bridgehead atoms. The van der Waals surface area contributed by atoms with E-state index in [0.717, 1.165) is 0 Å². The van der Waals surface area contributed by atoms with Crippen molar-refractivity contribution in [3.63, 3.8) is 0 Å². The summed E-state index contributed by atoms with van der Waals surface area (Å²) in [7, 11) is 1.17. The van der Waals surface area contributed by atoms with Gasteiger partial charge in [0.05, 0.1) is 13.5 Å². The molecule has 0 N–H and O–H groups in total. The van der Waals surface area contributed by atoms with Crippen LogP contribution in [-0.4, -0.2) is 13.1 Å². The summed E-state index contributed by atoms with van der Waals surface area (Å²) in [6.45, 7) is 1.58. The van der Waals surface area contributed by atoms with Crippen molar-refractivity contribution in [3.05, 3.63) is 34.9 Å². The second-order valence-corrected chi connectivity index (χ2v) is 2.96. The first-order chi connectivity index (χ1) is 6.54. The van der Waals surface area contributed by atoms with Gasteiger partial charge in [-0.05, 0) is 24.6 Å². The summed E-state index contributed by atoms with van der Waals surface area (Å²) in [5.41, 5.74) is 0.232. The fraction of sp³-hybridized carbons (Fsp3) is 0.300. The Morgan fingerprint density at radius 3 is 2.29 bits per heavy atom. The van der Waals surface area contributed by atoms with Gasteiger partial charge in [-0.15, -0.1) is 0 Å². The van der Waals surface area contributed by atoms with Crippen LogP contribution in [0.4, 0.5) is 8.78 Å². The highest BCUT2D eigenvalue weighted by atomic mass is 19.1. The van der Waals surface area contributed by atoms with E-state index in [9.17, 15) is 13.6 Å². The van der Waals surface area contributed by atoms with Gasteiger partial charge in [0.1, 0.15) is 11.6 Å². The van der Waals surface area contributed by atoms with E-state index in [1.54, 1.807) is 6.92 Å². The van der Waals surface area contributed by atoms with Gasteiger partial charge in [-0.3, -0.25) is 4.79 Å². The quantitative estimate of drug-likeness (QED) is 0.682. The molecule has 0 atom stereocenters. The minimum atomic E-state index is -0.715. The van der Waals surface area contributed by atoms with Crippen LogP contribution in [-0.2, 0) is 16.0 Å². The third-order valence-corrected chi connectivity index (χ3v) is 1.83. The molecular formula is C10H10F2O2. The number of halogens is 2. The maximum absolute atomic E-state index is 13.2. The number of methoxy groups -OCH3 is 1. The van der Waals surface area contributed by atoms with Gasteiger partial charge in [-0.25, -0.2) is 8.78 Å². The molecule has 0 radical (unpaired) electrons. The first kappa shape index (κ1) is 10.6. The SMILES string of the molecule is COC(=O)Cc1c(F)cc(C)cc1F. The number of hydrogen-bond acceptors (Lipinski definition) is 2. The molecule has 0 fully saturated rings. The molecule has 2 nitrogen and oxygen atoms in total. The number of esters is 1. The Morgan fingerprint density at radius 2 is 1.86 bits per heavy atom. The molecule has 0 aliphatic carbocycles. The van der Waals surface area contributed by atoms with E-state index in [1.165, 1.54) is 19.2 Å². The number of benzene rings is 1. The van der Waals surface area contributed by atoms with E-state index in [2.05, 4.69) is 4.74 Å². The minimum absolute atomic E-state index is 0.248. The molecule has 76 valence electrons. The van der Waals surface area contributed by atoms with Crippen molar-refractivity contribution in [2.75, 3.05) is 7.11 Å². The van der Waals surface area contributed by atoms with E-state index in [-0.39, 0.29) is 12.0 Å². The molecule has 0 aliphatic rings. The molecule has 0 unspecified atom stereocenters. The summed E-state index contributed by atoms with van der Waals surface area (Å²) in [4.78, 5) is 10.8. The maximum atomic E-state index is 13.2. The molecule has 1 aromatic rings. The van der Waals surface area contributed by atoms with Crippen LogP contribution in [0.3, 0.4) is 0 Å². The summed E-state index contributed by atoms with van der Waals surface area (Å²) in [5.74, 6) is -2.09. The van der Waals surface area contributed by atoms with Crippen molar-refractivity contribution in [2.24, 2.45) is 0 Å². The molecule has 14 heavy (non-hydrogen) atoms. The third kappa shape index (κ3) is 2.28. The normalized spacial score (nSPS) is 10.0. The summed E-state index contributed by atoms with van der Waals surface area (Å²) in [6.07, 6.45) is -0.381. The van der Waals surface area contributed by atoms with Crippen LogP contribution in [0.2, 0.25) is 0 Å². The highest BCUT2D eigenvalue weighted by Gasteiger charge is 2.13. The highest BCUT2D eigenvalue weighted by Crippen LogP contribution is 2.15. The van der Waals surface area contributed by atoms with Gasteiger partial charge in [-0.2, -0.15) is 0 Å². The lowest BCUT2D eigenvalue weighted by Gasteiger charge is -2.04. The lowest BCUT2D eigenvalue weighted by molar-refractivity contribution is -0.139. The van der Waals surface area contributed by atoms with Gasteiger partial charge in [0, 0.05) is 5.56 Å². The zero-order valence-electron chi connectivity index (χ0n) is 7.93. The molecule has 0 aliphatic heterocycles. The van der Waals surface area contributed by atoms with Gasteiger partial charge in [0.15, 0.2) is 0 Å². The van der Waals surface area contributed by atoms with E-state index >= 15 is 0 Å². The minimum Gasteiger partial charge on any atom is -0.469 e. The largest absolute Gasteiger partial charge is 0.469 e.